The lowest BCUT2D eigenvalue weighted by Crippen LogP contribution is -2.36. The first kappa shape index (κ1) is 21.5. The lowest BCUT2D eigenvalue weighted by atomic mass is 10.1. The van der Waals surface area contributed by atoms with E-state index in [2.05, 4.69) is 22.5 Å². The van der Waals surface area contributed by atoms with Gasteiger partial charge in [-0.15, -0.1) is 0 Å². The first-order valence-corrected chi connectivity index (χ1v) is 10.1. The SMILES string of the molecule is CCc1ccc(C(=O)NC(=NCC2CCCO2)Nc2cccc(C(=O)OC)c2)cc1. The van der Waals surface area contributed by atoms with E-state index in [0.29, 0.717) is 29.3 Å². The number of anilines is 1. The van der Waals surface area contributed by atoms with Crippen LogP contribution < -0.4 is 10.6 Å². The van der Waals surface area contributed by atoms with Crippen LogP contribution in [-0.4, -0.2) is 44.2 Å². The number of hydrogen-bond donors (Lipinski definition) is 2. The van der Waals surface area contributed by atoms with Crippen LogP contribution in [0.15, 0.2) is 53.5 Å². The number of esters is 1. The summed E-state index contributed by atoms with van der Waals surface area (Å²) in [6.45, 7) is 3.24. The summed E-state index contributed by atoms with van der Waals surface area (Å²) in [7, 11) is 1.33. The highest BCUT2D eigenvalue weighted by Crippen LogP contribution is 2.14. The van der Waals surface area contributed by atoms with Gasteiger partial charge in [0.15, 0.2) is 0 Å². The molecule has 2 aromatic carbocycles. The van der Waals surface area contributed by atoms with Gasteiger partial charge in [-0.1, -0.05) is 25.1 Å². The Kier molecular flexibility index (Phi) is 7.57. The van der Waals surface area contributed by atoms with Gasteiger partial charge in [-0.2, -0.15) is 0 Å². The summed E-state index contributed by atoms with van der Waals surface area (Å²) in [5.41, 5.74) is 2.73. The van der Waals surface area contributed by atoms with Crippen LogP contribution in [0.5, 0.6) is 0 Å². The average Bonchev–Trinajstić information content (AvgIpc) is 3.31. The second-order valence-electron chi connectivity index (χ2n) is 7.03. The number of benzene rings is 2. The summed E-state index contributed by atoms with van der Waals surface area (Å²) in [6.07, 6.45) is 2.92. The molecule has 1 heterocycles. The Morgan fingerprint density at radius 3 is 2.63 bits per heavy atom. The van der Waals surface area contributed by atoms with Crippen LogP contribution in [0.25, 0.3) is 0 Å². The van der Waals surface area contributed by atoms with Gasteiger partial charge in [0, 0.05) is 17.9 Å². The van der Waals surface area contributed by atoms with Crippen LogP contribution in [0.2, 0.25) is 0 Å². The van der Waals surface area contributed by atoms with Crippen molar-refractivity contribution in [3.05, 3.63) is 65.2 Å². The molecule has 0 bridgehead atoms. The quantitative estimate of drug-likeness (QED) is 0.434. The first-order chi connectivity index (χ1) is 14.6. The van der Waals surface area contributed by atoms with Crippen molar-refractivity contribution in [2.45, 2.75) is 32.3 Å². The third kappa shape index (κ3) is 5.90. The molecule has 7 nitrogen and oxygen atoms in total. The van der Waals surface area contributed by atoms with Gasteiger partial charge < -0.3 is 14.8 Å². The van der Waals surface area contributed by atoms with Gasteiger partial charge in [0.1, 0.15) is 0 Å². The molecule has 7 heteroatoms. The lowest BCUT2D eigenvalue weighted by molar-refractivity contribution is 0.0600. The normalized spacial score (nSPS) is 16.2. The molecular formula is C23H27N3O4. The molecule has 1 saturated heterocycles. The number of ether oxygens (including phenoxy) is 2. The Labute approximate surface area is 176 Å². The topological polar surface area (TPSA) is 89.0 Å². The molecule has 1 aliphatic heterocycles. The number of aliphatic imine (C=N–C) groups is 1. The molecule has 3 rings (SSSR count). The fraction of sp³-hybridized carbons (Fsp3) is 0.348. The zero-order valence-corrected chi connectivity index (χ0v) is 17.3. The molecular weight excluding hydrogens is 382 g/mol. The summed E-state index contributed by atoms with van der Waals surface area (Å²) in [4.78, 5) is 29.1. The van der Waals surface area contributed by atoms with Crippen molar-refractivity contribution < 1.29 is 19.1 Å². The van der Waals surface area contributed by atoms with Crippen molar-refractivity contribution in [1.82, 2.24) is 5.32 Å². The maximum atomic E-state index is 12.7. The summed E-state index contributed by atoms with van der Waals surface area (Å²) < 4.78 is 10.4. The molecule has 0 spiro atoms. The Morgan fingerprint density at radius 1 is 1.17 bits per heavy atom. The van der Waals surface area contributed by atoms with E-state index in [1.807, 2.05) is 12.1 Å². The van der Waals surface area contributed by atoms with Gasteiger partial charge in [-0.3, -0.25) is 10.1 Å². The van der Waals surface area contributed by atoms with E-state index in [4.69, 9.17) is 9.47 Å². The number of carbonyl (C=O) groups is 2. The van der Waals surface area contributed by atoms with E-state index >= 15 is 0 Å². The predicted molar refractivity (Wildman–Crippen MR) is 116 cm³/mol. The smallest absolute Gasteiger partial charge is 0.337 e. The largest absolute Gasteiger partial charge is 0.465 e. The van der Waals surface area contributed by atoms with Gasteiger partial charge in [-0.25, -0.2) is 9.79 Å². The maximum absolute atomic E-state index is 12.7. The summed E-state index contributed by atoms with van der Waals surface area (Å²) in [5.74, 6) is -0.394. The van der Waals surface area contributed by atoms with Gasteiger partial charge in [0.05, 0.1) is 25.3 Å². The fourth-order valence-electron chi connectivity index (χ4n) is 3.14. The summed E-state index contributed by atoms with van der Waals surface area (Å²) in [5, 5.41) is 5.93. The van der Waals surface area contributed by atoms with Crippen LogP contribution in [0, 0.1) is 0 Å². The van der Waals surface area contributed by atoms with E-state index in [1.54, 1.807) is 36.4 Å². The van der Waals surface area contributed by atoms with E-state index in [1.165, 1.54) is 7.11 Å². The molecule has 30 heavy (non-hydrogen) atoms. The molecule has 158 valence electrons. The number of aryl methyl sites for hydroxylation is 1. The fourth-order valence-corrected chi connectivity index (χ4v) is 3.14. The van der Waals surface area contributed by atoms with Crippen molar-refractivity contribution in [3.8, 4) is 0 Å². The molecule has 0 aromatic heterocycles. The molecule has 2 aromatic rings. The van der Waals surface area contributed by atoms with Gasteiger partial charge in [-0.05, 0) is 55.2 Å². The number of nitrogens with zero attached hydrogens (tertiary/aromatic N) is 1. The maximum Gasteiger partial charge on any atom is 0.337 e. The van der Waals surface area contributed by atoms with Crippen molar-refractivity contribution in [1.29, 1.82) is 0 Å². The van der Waals surface area contributed by atoms with E-state index in [9.17, 15) is 9.59 Å². The van der Waals surface area contributed by atoms with Crippen LogP contribution >= 0.6 is 0 Å². The number of guanidine groups is 1. The zero-order chi connectivity index (χ0) is 21.3. The van der Waals surface area contributed by atoms with Crippen molar-refractivity contribution in [2.24, 2.45) is 4.99 Å². The molecule has 0 radical (unpaired) electrons. The predicted octanol–water partition coefficient (Wildman–Crippen LogP) is 3.41. The summed E-state index contributed by atoms with van der Waals surface area (Å²) >= 11 is 0. The Balaban J connectivity index is 1.76. The monoisotopic (exact) mass is 409 g/mol. The Hall–Kier alpha value is -3.19. The molecule has 1 unspecified atom stereocenters. The van der Waals surface area contributed by atoms with Crippen LogP contribution in [-0.2, 0) is 15.9 Å². The Bertz CT molecular complexity index is 903. The van der Waals surface area contributed by atoms with Gasteiger partial charge in [0.2, 0.25) is 5.96 Å². The third-order valence-electron chi connectivity index (χ3n) is 4.88. The molecule has 1 amide bonds. The second-order valence-corrected chi connectivity index (χ2v) is 7.03. The van der Waals surface area contributed by atoms with Crippen molar-refractivity contribution in [2.75, 3.05) is 25.6 Å². The average molecular weight is 409 g/mol. The highest BCUT2D eigenvalue weighted by molar-refractivity contribution is 6.10. The number of hydrogen-bond acceptors (Lipinski definition) is 5. The van der Waals surface area contributed by atoms with Crippen LogP contribution in [0.1, 0.15) is 46.0 Å². The molecule has 1 aliphatic rings. The Morgan fingerprint density at radius 2 is 1.97 bits per heavy atom. The minimum Gasteiger partial charge on any atom is -0.465 e. The molecule has 0 saturated carbocycles. The van der Waals surface area contributed by atoms with Crippen molar-refractivity contribution >= 4 is 23.5 Å². The number of amides is 1. The van der Waals surface area contributed by atoms with Crippen molar-refractivity contribution in [3.63, 3.8) is 0 Å². The van der Waals surface area contributed by atoms with E-state index in [0.717, 1.165) is 31.4 Å². The minimum absolute atomic E-state index is 0.0453. The van der Waals surface area contributed by atoms with E-state index < -0.39 is 5.97 Å². The molecule has 1 atom stereocenters. The number of methoxy groups -OCH3 is 1. The number of nitrogens with one attached hydrogen (secondary N) is 2. The first-order valence-electron chi connectivity index (χ1n) is 10.1. The van der Waals surface area contributed by atoms with Crippen LogP contribution in [0.3, 0.4) is 0 Å². The number of carbonyl (C=O) groups excluding carboxylic acids is 2. The van der Waals surface area contributed by atoms with E-state index in [-0.39, 0.29) is 12.0 Å². The minimum atomic E-state index is -0.434. The zero-order valence-electron chi connectivity index (χ0n) is 17.3. The lowest BCUT2D eigenvalue weighted by Gasteiger charge is -2.14. The molecule has 0 aliphatic carbocycles. The highest BCUT2D eigenvalue weighted by Gasteiger charge is 2.16. The molecule has 1 fully saturated rings. The standard InChI is InChI=1S/C23H27N3O4/c1-3-16-9-11-17(12-10-16)21(27)26-23(24-15-20-8-5-13-30-20)25-19-7-4-6-18(14-19)22(28)29-2/h4,6-7,9-12,14,20H,3,5,8,13,15H2,1-2H3,(H2,24,25,26,27). The van der Waals surface area contributed by atoms with Gasteiger partial charge >= 0.3 is 5.97 Å². The highest BCUT2D eigenvalue weighted by atomic mass is 16.5. The second kappa shape index (κ2) is 10.5. The number of rotatable bonds is 6. The molecule has 2 N–H and O–H groups in total. The van der Waals surface area contributed by atoms with Gasteiger partial charge in [0.25, 0.3) is 5.91 Å². The summed E-state index contributed by atoms with van der Waals surface area (Å²) in [6, 6.07) is 14.3. The van der Waals surface area contributed by atoms with Crippen LogP contribution in [0.4, 0.5) is 5.69 Å². The third-order valence-corrected chi connectivity index (χ3v) is 4.88.